The highest BCUT2D eigenvalue weighted by Crippen LogP contribution is 2.37. The van der Waals surface area contributed by atoms with Crippen LogP contribution in [0.5, 0.6) is 0 Å². The quantitative estimate of drug-likeness (QED) is 0.364. The van der Waals surface area contributed by atoms with Crippen LogP contribution in [0, 0.1) is 11.6 Å². The maximum atomic E-state index is 14.8. The first-order chi connectivity index (χ1) is 16.7. The Morgan fingerprint density at radius 3 is 2.63 bits per heavy atom. The van der Waals surface area contributed by atoms with Crippen LogP contribution in [0.1, 0.15) is 25.1 Å². The summed E-state index contributed by atoms with van der Waals surface area (Å²) in [5.41, 5.74) is 1.30. The summed E-state index contributed by atoms with van der Waals surface area (Å²) in [7, 11) is 3.66. The summed E-state index contributed by atoms with van der Waals surface area (Å²) in [6.45, 7) is -0.222. The molecule has 2 atom stereocenters. The van der Waals surface area contributed by atoms with Crippen molar-refractivity contribution in [2.45, 2.75) is 25.7 Å². The molecule has 1 aliphatic heterocycles. The van der Waals surface area contributed by atoms with Crippen LogP contribution < -0.4 is 9.80 Å². The summed E-state index contributed by atoms with van der Waals surface area (Å²) >= 11 is 1.30. The van der Waals surface area contributed by atoms with Gasteiger partial charge in [0.25, 0.3) is 0 Å². The maximum Gasteiger partial charge on any atom is 0.333 e. The lowest BCUT2D eigenvalue weighted by atomic mass is 10.1. The maximum absolute atomic E-state index is 14.8. The number of ether oxygens (including phenoxy) is 1. The lowest BCUT2D eigenvalue weighted by Gasteiger charge is -2.36. The van der Waals surface area contributed by atoms with E-state index < -0.39 is 24.3 Å². The molecule has 1 fully saturated rings. The van der Waals surface area contributed by atoms with E-state index in [2.05, 4.69) is 20.1 Å². The number of hydrogen-bond acceptors (Lipinski definition) is 8. The van der Waals surface area contributed by atoms with E-state index in [4.69, 9.17) is 4.74 Å². The Bertz CT molecular complexity index is 1380. The van der Waals surface area contributed by atoms with Crippen molar-refractivity contribution in [3.8, 4) is 11.3 Å². The van der Waals surface area contributed by atoms with Gasteiger partial charge in [0.15, 0.2) is 10.8 Å². The van der Waals surface area contributed by atoms with Crippen LogP contribution in [0.25, 0.3) is 21.6 Å². The van der Waals surface area contributed by atoms with Gasteiger partial charge in [-0.2, -0.15) is 23.8 Å². The third kappa shape index (κ3) is 4.52. The summed E-state index contributed by atoms with van der Waals surface area (Å²) in [5.74, 6) is -1.15. The number of hydrogen-bond donors (Lipinski definition) is 0. The highest BCUT2D eigenvalue weighted by Gasteiger charge is 2.31. The van der Waals surface area contributed by atoms with E-state index in [0.29, 0.717) is 38.0 Å². The second-order valence-corrected chi connectivity index (χ2v) is 9.39. The van der Waals surface area contributed by atoms with Crippen molar-refractivity contribution in [1.82, 2.24) is 24.7 Å². The van der Waals surface area contributed by atoms with Gasteiger partial charge in [-0.05, 0) is 19.1 Å². The standard InChI is InChI=1S/C22H21F4N7OS/c1-11-8-32(10-16(34-11)12-7-27-33(9-12)20(25)26)21-28-17(14-5-4-13(23)6-15(14)24)18-19(29-21)30-22(35-18)31(2)3/h4-7,9,11,16,20H,8,10H2,1-3H3. The Morgan fingerprint density at radius 1 is 1.14 bits per heavy atom. The molecule has 0 radical (unpaired) electrons. The van der Waals surface area contributed by atoms with E-state index in [0.717, 1.165) is 6.07 Å². The van der Waals surface area contributed by atoms with Crippen LogP contribution >= 0.6 is 11.3 Å². The monoisotopic (exact) mass is 507 g/mol. The van der Waals surface area contributed by atoms with E-state index in [1.54, 1.807) is 0 Å². The van der Waals surface area contributed by atoms with E-state index in [1.807, 2.05) is 30.8 Å². The minimum atomic E-state index is -2.75. The Kier molecular flexibility index (Phi) is 6.05. The molecule has 13 heteroatoms. The van der Waals surface area contributed by atoms with Gasteiger partial charge in [-0.25, -0.2) is 18.4 Å². The normalized spacial score (nSPS) is 18.6. The van der Waals surface area contributed by atoms with Crippen LogP contribution in [-0.4, -0.2) is 58.0 Å². The van der Waals surface area contributed by atoms with Crippen molar-refractivity contribution in [1.29, 1.82) is 0 Å². The number of halogens is 4. The zero-order chi connectivity index (χ0) is 24.9. The molecule has 3 aromatic heterocycles. The smallest absolute Gasteiger partial charge is 0.333 e. The molecule has 0 aliphatic carbocycles. The molecule has 5 rings (SSSR count). The highest BCUT2D eigenvalue weighted by atomic mass is 32.1. The summed E-state index contributed by atoms with van der Waals surface area (Å²) < 4.78 is 61.5. The van der Waals surface area contributed by atoms with Gasteiger partial charge in [-0.3, -0.25) is 0 Å². The Labute approximate surface area is 201 Å². The number of alkyl halides is 2. The number of anilines is 2. The molecule has 1 aliphatic rings. The number of fused-ring (bicyclic) bond motifs is 1. The van der Waals surface area contributed by atoms with Crippen LogP contribution in [0.4, 0.5) is 28.6 Å². The first-order valence-corrected chi connectivity index (χ1v) is 11.5. The van der Waals surface area contributed by atoms with Gasteiger partial charge in [-0.15, -0.1) is 0 Å². The van der Waals surface area contributed by atoms with Crippen molar-refractivity contribution in [2.24, 2.45) is 0 Å². The van der Waals surface area contributed by atoms with Crippen LogP contribution in [0.2, 0.25) is 0 Å². The highest BCUT2D eigenvalue weighted by molar-refractivity contribution is 7.22. The van der Waals surface area contributed by atoms with Gasteiger partial charge >= 0.3 is 6.55 Å². The zero-order valence-corrected chi connectivity index (χ0v) is 19.8. The largest absolute Gasteiger partial charge is 0.367 e. The molecule has 4 aromatic rings. The molecule has 4 heterocycles. The molecule has 1 saturated heterocycles. The van der Waals surface area contributed by atoms with Crippen LogP contribution in [-0.2, 0) is 4.74 Å². The van der Waals surface area contributed by atoms with E-state index >= 15 is 0 Å². The van der Waals surface area contributed by atoms with E-state index in [-0.39, 0.29) is 24.2 Å². The summed E-state index contributed by atoms with van der Waals surface area (Å²) in [6, 6.07) is 3.33. The van der Waals surface area contributed by atoms with Crippen molar-refractivity contribution in [3.63, 3.8) is 0 Å². The van der Waals surface area contributed by atoms with Gasteiger partial charge in [0, 0.05) is 44.0 Å². The molecule has 184 valence electrons. The second kappa shape index (κ2) is 9.04. The second-order valence-electron chi connectivity index (χ2n) is 8.41. The molecule has 0 amide bonds. The van der Waals surface area contributed by atoms with Crippen LogP contribution in [0.15, 0.2) is 30.6 Å². The fraction of sp³-hybridized carbons (Fsp3) is 0.364. The topological polar surface area (TPSA) is 72.2 Å². The molecular weight excluding hydrogens is 486 g/mol. The minimum Gasteiger partial charge on any atom is -0.367 e. The lowest BCUT2D eigenvalue weighted by molar-refractivity contribution is -0.0181. The molecule has 2 unspecified atom stereocenters. The van der Waals surface area contributed by atoms with Crippen molar-refractivity contribution >= 4 is 32.8 Å². The summed E-state index contributed by atoms with van der Waals surface area (Å²) in [5, 5.41) is 4.35. The van der Waals surface area contributed by atoms with Gasteiger partial charge in [0.05, 0.1) is 24.5 Å². The number of rotatable bonds is 5. The van der Waals surface area contributed by atoms with Gasteiger partial charge < -0.3 is 14.5 Å². The molecule has 0 N–H and O–H groups in total. The third-order valence-corrected chi connectivity index (χ3v) is 6.76. The third-order valence-electron chi connectivity index (χ3n) is 5.54. The number of morpholine rings is 1. The molecule has 35 heavy (non-hydrogen) atoms. The molecule has 0 bridgehead atoms. The molecule has 8 nitrogen and oxygen atoms in total. The van der Waals surface area contributed by atoms with Crippen molar-refractivity contribution in [3.05, 3.63) is 47.8 Å². The summed E-state index contributed by atoms with van der Waals surface area (Å²) in [6.07, 6.45) is 1.77. The first kappa shape index (κ1) is 23.4. The lowest BCUT2D eigenvalue weighted by Crippen LogP contribution is -2.43. The molecule has 0 spiro atoms. The number of thiazole rings is 1. The van der Waals surface area contributed by atoms with Gasteiger partial charge in [-0.1, -0.05) is 11.3 Å². The van der Waals surface area contributed by atoms with Crippen LogP contribution in [0.3, 0.4) is 0 Å². The fourth-order valence-electron chi connectivity index (χ4n) is 3.92. The van der Waals surface area contributed by atoms with E-state index in [9.17, 15) is 17.6 Å². The Hall–Kier alpha value is -3.32. The SMILES string of the molecule is CC1CN(c2nc(-c3ccc(F)cc3F)c3sc(N(C)C)nc3n2)CC(c2cnn(C(F)F)c2)O1. The number of benzene rings is 1. The number of aromatic nitrogens is 5. The predicted molar refractivity (Wildman–Crippen MR) is 124 cm³/mol. The van der Waals surface area contributed by atoms with Crippen molar-refractivity contribution < 1.29 is 22.3 Å². The molecular formula is C22H21F4N7OS. The van der Waals surface area contributed by atoms with Crippen molar-refractivity contribution in [2.75, 3.05) is 37.0 Å². The predicted octanol–water partition coefficient (Wildman–Crippen LogP) is 4.66. The average Bonchev–Trinajstić information content (AvgIpc) is 3.46. The zero-order valence-electron chi connectivity index (χ0n) is 19.0. The Balaban J connectivity index is 1.58. The minimum absolute atomic E-state index is 0.130. The molecule has 0 saturated carbocycles. The number of nitrogens with zero attached hydrogens (tertiary/aromatic N) is 7. The van der Waals surface area contributed by atoms with Gasteiger partial charge in [0.1, 0.15) is 22.4 Å². The van der Waals surface area contributed by atoms with Gasteiger partial charge in [0.2, 0.25) is 5.95 Å². The fourth-order valence-corrected chi connectivity index (χ4v) is 4.86. The first-order valence-electron chi connectivity index (χ1n) is 10.7. The molecule has 1 aromatic carbocycles. The summed E-state index contributed by atoms with van der Waals surface area (Å²) in [4.78, 5) is 17.5. The average molecular weight is 508 g/mol. The Morgan fingerprint density at radius 2 is 1.94 bits per heavy atom. The van der Waals surface area contributed by atoms with E-state index in [1.165, 1.54) is 35.9 Å².